The van der Waals surface area contributed by atoms with Gasteiger partial charge < -0.3 is 24.7 Å². The predicted molar refractivity (Wildman–Crippen MR) is 69.6 cm³/mol. The van der Waals surface area contributed by atoms with Crippen LogP contribution in [0.25, 0.3) is 0 Å². The third kappa shape index (κ3) is 3.36. The van der Waals surface area contributed by atoms with Gasteiger partial charge in [0.1, 0.15) is 0 Å². The monoisotopic (exact) mass is 269 g/mol. The third-order valence-electron chi connectivity index (χ3n) is 2.78. The minimum Gasteiger partial charge on any atom is -0.493 e. The van der Waals surface area contributed by atoms with Crippen molar-refractivity contribution >= 4 is 5.91 Å². The molecule has 0 saturated carbocycles. The number of methoxy groups -OCH3 is 4. The Hall–Kier alpha value is -1.79. The minimum atomic E-state index is -0.572. The fourth-order valence-corrected chi connectivity index (χ4v) is 1.83. The second-order valence-corrected chi connectivity index (χ2v) is 3.81. The molecule has 0 atom stereocenters. The van der Waals surface area contributed by atoms with Gasteiger partial charge >= 0.3 is 0 Å². The van der Waals surface area contributed by atoms with Gasteiger partial charge in [0.05, 0.1) is 19.8 Å². The van der Waals surface area contributed by atoms with Crippen LogP contribution < -0.4 is 15.2 Å². The molecule has 2 N–H and O–H groups in total. The lowest BCUT2D eigenvalue weighted by molar-refractivity contribution is -0.100. The van der Waals surface area contributed by atoms with Gasteiger partial charge in [0.15, 0.2) is 17.8 Å². The smallest absolute Gasteiger partial charge is 0.252 e. The van der Waals surface area contributed by atoms with E-state index in [2.05, 4.69) is 0 Å². The van der Waals surface area contributed by atoms with Gasteiger partial charge in [-0.2, -0.15) is 0 Å². The number of carbonyl (C=O) groups is 1. The molecule has 1 rings (SSSR count). The number of carbonyl (C=O) groups excluding carboxylic acids is 1. The van der Waals surface area contributed by atoms with E-state index in [1.54, 1.807) is 26.4 Å². The van der Waals surface area contributed by atoms with Crippen LogP contribution in [0.5, 0.6) is 11.5 Å². The highest BCUT2D eigenvalue weighted by Crippen LogP contribution is 2.35. The highest BCUT2D eigenvalue weighted by Gasteiger charge is 2.20. The highest BCUT2D eigenvalue weighted by atomic mass is 16.7. The molecule has 1 aromatic carbocycles. The largest absolute Gasteiger partial charge is 0.493 e. The van der Waals surface area contributed by atoms with Crippen LogP contribution in [-0.2, 0) is 15.9 Å². The third-order valence-corrected chi connectivity index (χ3v) is 2.78. The summed E-state index contributed by atoms with van der Waals surface area (Å²) in [6.07, 6.45) is 0.0593. The van der Waals surface area contributed by atoms with Gasteiger partial charge in [0.2, 0.25) is 0 Å². The fourth-order valence-electron chi connectivity index (χ4n) is 1.83. The van der Waals surface area contributed by atoms with E-state index < -0.39 is 12.2 Å². The zero-order valence-electron chi connectivity index (χ0n) is 11.6. The number of amides is 1. The first-order chi connectivity index (χ1) is 9.08. The molecule has 1 amide bonds. The van der Waals surface area contributed by atoms with Crippen molar-refractivity contribution in [3.05, 3.63) is 23.3 Å². The van der Waals surface area contributed by atoms with Crippen molar-refractivity contribution in [2.75, 3.05) is 28.4 Å². The van der Waals surface area contributed by atoms with Crippen molar-refractivity contribution in [3.63, 3.8) is 0 Å². The molecule has 0 spiro atoms. The molecule has 0 aliphatic heterocycles. The molecule has 0 bridgehead atoms. The Bertz CT molecular complexity index is 443. The Morgan fingerprint density at radius 1 is 1.11 bits per heavy atom. The van der Waals surface area contributed by atoms with Gasteiger partial charge in [0, 0.05) is 26.2 Å². The lowest BCUT2D eigenvalue weighted by Crippen LogP contribution is -2.18. The summed E-state index contributed by atoms with van der Waals surface area (Å²) >= 11 is 0. The minimum absolute atomic E-state index is 0.273. The van der Waals surface area contributed by atoms with Crippen LogP contribution in [0.2, 0.25) is 0 Å². The molecule has 0 aliphatic rings. The lowest BCUT2D eigenvalue weighted by atomic mass is 10.0. The van der Waals surface area contributed by atoms with Gasteiger partial charge in [0.25, 0.3) is 5.91 Å². The fraction of sp³-hybridized carbons (Fsp3) is 0.462. The van der Waals surface area contributed by atoms with Gasteiger partial charge in [-0.05, 0) is 6.07 Å². The highest BCUT2D eigenvalue weighted by molar-refractivity contribution is 5.96. The number of ether oxygens (including phenoxy) is 4. The van der Waals surface area contributed by atoms with E-state index in [9.17, 15) is 4.79 Å². The van der Waals surface area contributed by atoms with Crippen LogP contribution in [0.4, 0.5) is 0 Å². The topological polar surface area (TPSA) is 80.0 Å². The maximum absolute atomic E-state index is 11.3. The Morgan fingerprint density at radius 3 is 2.11 bits per heavy atom. The van der Waals surface area contributed by atoms with Crippen LogP contribution in [0.15, 0.2) is 12.1 Å². The second kappa shape index (κ2) is 6.96. The molecular weight excluding hydrogens is 250 g/mol. The Balaban J connectivity index is 3.23. The van der Waals surface area contributed by atoms with Crippen molar-refractivity contribution in [2.24, 2.45) is 5.73 Å². The summed E-state index contributed by atoms with van der Waals surface area (Å²) in [4.78, 5) is 11.3. The number of rotatable bonds is 7. The van der Waals surface area contributed by atoms with Crippen molar-refractivity contribution in [1.29, 1.82) is 0 Å². The van der Waals surface area contributed by atoms with Crippen molar-refractivity contribution in [1.82, 2.24) is 0 Å². The molecule has 0 heterocycles. The van der Waals surface area contributed by atoms with Crippen LogP contribution in [0, 0.1) is 0 Å². The summed E-state index contributed by atoms with van der Waals surface area (Å²) in [6.45, 7) is 0. The van der Waals surface area contributed by atoms with Crippen molar-refractivity contribution < 1.29 is 23.7 Å². The molecule has 0 saturated heterocycles. The molecule has 0 fully saturated rings. The van der Waals surface area contributed by atoms with E-state index in [1.165, 1.54) is 14.2 Å². The van der Waals surface area contributed by atoms with Crippen molar-refractivity contribution in [3.8, 4) is 11.5 Å². The zero-order valence-corrected chi connectivity index (χ0v) is 11.6. The maximum Gasteiger partial charge on any atom is 0.252 e. The van der Waals surface area contributed by atoms with Crippen LogP contribution >= 0.6 is 0 Å². The number of hydrogen-bond donors (Lipinski definition) is 1. The summed E-state index contributed by atoms with van der Waals surface area (Å²) in [7, 11) is 6.06. The van der Waals surface area contributed by atoms with E-state index in [-0.39, 0.29) is 5.56 Å². The van der Waals surface area contributed by atoms with Gasteiger partial charge in [-0.15, -0.1) is 0 Å². The molecule has 6 heteroatoms. The first kappa shape index (κ1) is 15.3. The maximum atomic E-state index is 11.3. The first-order valence-corrected chi connectivity index (χ1v) is 5.68. The summed E-state index contributed by atoms with van der Waals surface area (Å²) in [5.74, 6) is 0.202. The average molecular weight is 269 g/mol. The Labute approximate surface area is 112 Å². The molecule has 19 heavy (non-hydrogen) atoms. The summed E-state index contributed by atoms with van der Waals surface area (Å²) in [6, 6.07) is 3.34. The molecule has 0 radical (unpaired) electrons. The quantitative estimate of drug-likeness (QED) is 0.746. The number of primary amides is 1. The van der Waals surface area contributed by atoms with Gasteiger partial charge in [-0.3, -0.25) is 4.79 Å². The standard InChI is InChI=1S/C13H19NO5/c1-16-10(17-2)7-8-5-6-9(13(14)15)12(19-4)11(8)18-3/h5-6,10H,7H2,1-4H3,(H2,14,15). The Kier molecular flexibility index (Phi) is 5.59. The summed E-state index contributed by atoms with van der Waals surface area (Å²) in [5, 5.41) is 0. The first-order valence-electron chi connectivity index (χ1n) is 5.68. The van der Waals surface area contributed by atoms with Crippen LogP contribution in [-0.4, -0.2) is 40.6 Å². The summed E-state index contributed by atoms with van der Waals surface area (Å²) in [5.41, 5.74) is 6.37. The SMILES string of the molecule is COc1c(CC(OC)OC)ccc(C(N)=O)c1OC. The number of hydrogen-bond acceptors (Lipinski definition) is 5. The normalized spacial score (nSPS) is 10.6. The van der Waals surface area contributed by atoms with E-state index in [0.29, 0.717) is 17.9 Å². The molecule has 0 aromatic heterocycles. The molecule has 6 nitrogen and oxygen atoms in total. The predicted octanol–water partition coefficient (Wildman–Crippen LogP) is 0.964. The molecule has 106 valence electrons. The average Bonchev–Trinajstić information content (AvgIpc) is 2.43. The van der Waals surface area contributed by atoms with E-state index in [0.717, 1.165) is 5.56 Å². The molecular formula is C13H19NO5. The van der Waals surface area contributed by atoms with Gasteiger partial charge in [-0.25, -0.2) is 0 Å². The van der Waals surface area contributed by atoms with Crippen LogP contribution in [0.1, 0.15) is 15.9 Å². The van der Waals surface area contributed by atoms with Gasteiger partial charge in [-0.1, -0.05) is 6.07 Å². The second-order valence-electron chi connectivity index (χ2n) is 3.81. The number of nitrogens with two attached hydrogens (primary N) is 1. The molecule has 1 aromatic rings. The molecule has 0 unspecified atom stereocenters. The Morgan fingerprint density at radius 2 is 1.68 bits per heavy atom. The van der Waals surface area contributed by atoms with E-state index >= 15 is 0 Å². The summed E-state index contributed by atoms with van der Waals surface area (Å²) < 4.78 is 20.8. The van der Waals surface area contributed by atoms with Crippen LogP contribution in [0.3, 0.4) is 0 Å². The number of benzene rings is 1. The zero-order chi connectivity index (χ0) is 14.4. The van der Waals surface area contributed by atoms with E-state index in [4.69, 9.17) is 24.7 Å². The lowest BCUT2D eigenvalue weighted by Gasteiger charge is -2.18. The molecule has 0 aliphatic carbocycles. The van der Waals surface area contributed by atoms with E-state index in [1.807, 2.05) is 0 Å². The van der Waals surface area contributed by atoms with Crippen molar-refractivity contribution in [2.45, 2.75) is 12.7 Å².